The highest BCUT2D eigenvalue weighted by Gasteiger charge is 1.91. The third-order valence-electron chi connectivity index (χ3n) is 1.27. The van der Waals surface area contributed by atoms with Gasteiger partial charge >= 0.3 is 0 Å². The van der Waals surface area contributed by atoms with Crippen LogP contribution in [0, 0.1) is 0 Å². The number of rotatable bonds is 4. The second-order valence-electron chi connectivity index (χ2n) is 2.13. The van der Waals surface area contributed by atoms with Gasteiger partial charge in [0.15, 0.2) is 0 Å². The molecule has 0 aliphatic rings. The molecule has 0 atom stereocenters. The largest absolute Gasteiger partial charge is 0.398 e. The summed E-state index contributed by atoms with van der Waals surface area (Å²) in [5.41, 5.74) is 7.37. The molecule has 0 fully saturated rings. The quantitative estimate of drug-likeness (QED) is 0.611. The van der Waals surface area contributed by atoms with Gasteiger partial charge in [-0.2, -0.15) is 0 Å². The van der Waals surface area contributed by atoms with Crippen LogP contribution in [0.1, 0.15) is 13.3 Å². The van der Waals surface area contributed by atoms with Crippen molar-refractivity contribution in [2.45, 2.75) is 13.3 Å². The molecule has 0 aliphatic heterocycles. The Hall–Kier alpha value is -1.24. The zero-order valence-corrected chi connectivity index (χ0v) is 7.01. The molecule has 11 heavy (non-hydrogen) atoms. The average molecular weight is 149 g/mol. The maximum Gasteiger partial charge on any atom is 0.0383 e. The van der Waals surface area contributed by atoms with Gasteiger partial charge in [0.1, 0.15) is 0 Å². The first-order valence-electron chi connectivity index (χ1n) is 3.67. The van der Waals surface area contributed by atoms with Crippen LogP contribution in [0.4, 0.5) is 0 Å². The molecule has 0 aliphatic carbocycles. The molecule has 2 N–H and O–H groups in total. The summed E-state index contributed by atoms with van der Waals surface area (Å²) in [5.74, 6) is 0. The lowest BCUT2D eigenvalue weighted by Gasteiger charge is -1.99. The van der Waals surface area contributed by atoms with Crippen LogP contribution in [0.5, 0.6) is 0 Å². The molecule has 0 amide bonds. The first kappa shape index (κ1) is 9.76. The van der Waals surface area contributed by atoms with Crippen molar-refractivity contribution in [1.29, 1.82) is 0 Å². The molecule has 0 aromatic rings. The predicted octanol–water partition coefficient (Wildman–Crippen LogP) is 2.54. The lowest BCUT2D eigenvalue weighted by molar-refractivity contribution is 1.19. The first-order chi connectivity index (χ1) is 5.26. The summed E-state index contributed by atoms with van der Waals surface area (Å²) < 4.78 is 0. The van der Waals surface area contributed by atoms with Gasteiger partial charge in [-0.3, -0.25) is 0 Å². The zero-order valence-electron chi connectivity index (χ0n) is 7.01. The van der Waals surface area contributed by atoms with Crippen LogP contribution in [0.15, 0.2) is 48.7 Å². The van der Waals surface area contributed by atoms with Gasteiger partial charge in [0, 0.05) is 5.70 Å². The maximum atomic E-state index is 5.68. The molecule has 0 saturated heterocycles. The molecule has 1 heteroatoms. The standard InChI is InChI=1S/C10H15N/c1-4-7-9(6-3)10(11)8-5-2/h5-8H,2-4,11H2,1H3/b9-7-,10-8+. The monoisotopic (exact) mass is 149 g/mol. The SMILES string of the molecule is C=C/C=C(N)\C(C=C)=C/CC. The van der Waals surface area contributed by atoms with E-state index in [0.717, 1.165) is 17.7 Å². The Balaban J connectivity index is 4.50. The highest BCUT2D eigenvalue weighted by Crippen LogP contribution is 2.05. The number of hydrogen-bond acceptors (Lipinski definition) is 1. The van der Waals surface area contributed by atoms with E-state index in [-0.39, 0.29) is 0 Å². The van der Waals surface area contributed by atoms with E-state index in [2.05, 4.69) is 20.1 Å². The van der Waals surface area contributed by atoms with Gasteiger partial charge in [-0.15, -0.1) is 0 Å². The van der Waals surface area contributed by atoms with Gasteiger partial charge in [-0.25, -0.2) is 0 Å². The van der Waals surface area contributed by atoms with Gasteiger partial charge in [0.05, 0.1) is 0 Å². The number of hydrogen-bond donors (Lipinski definition) is 1. The van der Waals surface area contributed by atoms with Crippen molar-refractivity contribution in [2.24, 2.45) is 5.73 Å². The minimum Gasteiger partial charge on any atom is -0.398 e. The summed E-state index contributed by atoms with van der Waals surface area (Å²) in [4.78, 5) is 0. The molecular weight excluding hydrogens is 134 g/mol. The Kier molecular flexibility index (Phi) is 4.91. The molecule has 0 unspecified atom stereocenters. The van der Waals surface area contributed by atoms with Gasteiger partial charge < -0.3 is 5.73 Å². The molecule has 0 radical (unpaired) electrons. The number of nitrogens with two attached hydrogens (primary N) is 1. The third-order valence-corrected chi connectivity index (χ3v) is 1.27. The fraction of sp³-hybridized carbons (Fsp3) is 0.200. The van der Waals surface area contributed by atoms with Crippen LogP contribution in [-0.4, -0.2) is 0 Å². The Morgan fingerprint density at radius 1 is 1.45 bits per heavy atom. The van der Waals surface area contributed by atoms with E-state index in [1.165, 1.54) is 0 Å². The first-order valence-corrected chi connectivity index (χ1v) is 3.67. The Morgan fingerprint density at radius 2 is 2.09 bits per heavy atom. The molecule has 0 saturated carbocycles. The van der Waals surface area contributed by atoms with Crippen LogP contribution >= 0.6 is 0 Å². The van der Waals surface area contributed by atoms with Crippen molar-refractivity contribution < 1.29 is 0 Å². The van der Waals surface area contributed by atoms with Crippen molar-refractivity contribution in [3.05, 3.63) is 48.7 Å². The summed E-state index contributed by atoms with van der Waals surface area (Å²) in [6.07, 6.45) is 8.18. The fourth-order valence-electron chi connectivity index (χ4n) is 0.762. The van der Waals surface area contributed by atoms with Crippen LogP contribution in [0.3, 0.4) is 0 Å². The van der Waals surface area contributed by atoms with Crippen LogP contribution < -0.4 is 5.73 Å². The molecule has 0 heterocycles. The van der Waals surface area contributed by atoms with Gasteiger partial charge in [0.25, 0.3) is 0 Å². The average Bonchev–Trinajstić information content (AvgIpc) is 2.00. The summed E-state index contributed by atoms with van der Waals surface area (Å²) in [6.45, 7) is 9.28. The second-order valence-corrected chi connectivity index (χ2v) is 2.13. The second kappa shape index (κ2) is 5.54. The van der Waals surface area contributed by atoms with Crippen molar-refractivity contribution in [3.8, 4) is 0 Å². The van der Waals surface area contributed by atoms with Crippen molar-refractivity contribution in [1.82, 2.24) is 0 Å². The van der Waals surface area contributed by atoms with Gasteiger partial charge in [-0.1, -0.05) is 38.3 Å². The van der Waals surface area contributed by atoms with E-state index in [9.17, 15) is 0 Å². The zero-order chi connectivity index (χ0) is 8.69. The van der Waals surface area contributed by atoms with E-state index >= 15 is 0 Å². The Labute approximate surface area is 68.6 Å². The van der Waals surface area contributed by atoms with E-state index < -0.39 is 0 Å². The fourth-order valence-corrected chi connectivity index (χ4v) is 0.762. The smallest absolute Gasteiger partial charge is 0.0383 e. The summed E-state index contributed by atoms with van der Waals surface area (Å²) in [5, 5.41) is 0. The Bertz CT molecular complexity index is 197. The van der Waals surface area contributed by atoms with E-state index in [1.807, 2.05) is 6.08 Å². The van der Waals surface area contributed by atoms with Crippen LogP contribution in [0.2, 0.25) is 0 Å². The minimum atomic E-state index is 0.719. The normalized spacial score (nSPS) is 12.8. The van der Waals surface area contributed by atoms with E-state index in [0.29, 0.717) is 0 Å². The van der Waals surface area contributed by atoms with Gasteiger partial charge in [0.2, 0.25) is 0 Å². The maximum absolute atomic E-state index is 5.68. The third kappa shape index (κ3) is 3.46. The van der Waals surface area contributed by atoms with Crippen molar-refractivity contribution in [2.75, 3.05) is 0 Å². The molecule has 0 spiro atoms. The van der Waals surface area contributed by atoms with Crippen molar-refractivity contribution in [3.63, 3.8) is 0 Å². The molecule has 60 valence electrons. The Morgan fingerprint density at radius 3 is 2.45 bits per heavy atom. The van der Waals surface area contributed by atoms with E-state index in [4.69, 9.17) is 5.73 Å². The highest BCUT2D eigenvalue weighted by molar-refractivity contribution is 5.38. The lowest BCUT2D eigenvalue weighted by atomic mass is 10.1. The summed E-state index contributed by atoms with van der Waals surface area (Å²) >= 11 is 0. The molecule has 0 aromatic carbocycles. The molecule has 0 bridgehead atoms. The van der Waals surface area contributed by atoms with Crippen LogP contribution in [0.25, 0.3) is 0 Å². The minimum absolute atomic E-state index is 0.719. The van der Waals surface area contributed by atoms with E-state index in [1.54, 1.807) is 18.2 Å². The highest BCUT2D eigenvalue weighted by atomic mass is 14.6. The lowest BCUT2D eigenvalue weighted by Crippen LogP contribution is -1.98. The molecule has 0 rings (SSSR count). The van der Waals surface area contributed by atoms with Crippen molar-refractivity contribution >= 4 is 0 Å². The molecule has 0 aromatic heterocycles. The summed E-state index contributed by atoms with van der Waals surface area (Å²) in [6, 6.07) is 0. The summed E-state index contributed by atoms with van der Waals surface area (Å²) in [7, 11) is 0. The predicted molar refractivity (Wildman–Crippen MR) is 51.0 cm³/mol. The van der Waals surface area contributed by atoms with Crippen LogP contribution in [-0.2, 0) is 0 Å². The molecular formula is C10H15N. The molecule has 1 nitrogen and oxygen atoms in total. The number of allylic oxidation sites excluding steroid dienone is 4. The van der Waals surface area contributed by atoms with Gasteiger partial charge in [-0.05, 0) is 18.1 Å². The topological polar surface area (TPSA) is 26.0 Å².